The number of aliphatic hydroxyl groups excluding tert-OH is 1. The molecule has 0 amide bonds. The molecular formula is C12H13N3O3. The Morgan fingerprint density at radius 3 is 2.72 bits per heavy atom. The minimum Gasteiger partial charge on any atom is -0.480 e. The number of aliphatic hydroxyl groups is 1. The Hall–Kier alpha value is -2.21. The molecule has 0 saturated heterocycles. The van der Waals surface area contributed by atoms with Crippen LogP contribution in [0.5, 0.6) is 0 Å². The van der Waals surface area contributed by atoms with Crippen LogP contribution in [0.3, 0.4) is 0 Å². The van der Waals surface area contributed by atoms with E-state index in [-0.39, 0.29) is 0 Å². The van der Waals surface area contributed by atoms with E-state index in [2.05, 4.69) is 15.3 Å². The SMILES string of the molecule is C[C@@H](O)[C@@H](Nc1ncnc2ccccc12)C(=O)O. The second kappa shape index (κ2) is 4.97. The van der Waals surface area contributed by atoms with E-state index >= 15 is 0 Å². The van der Waals surface area contributed by atoms with Crippen molar-refractivity contribution < 1.29 is 15.0 Å². The van der Waals surface area contributed by atoms with Gasteiger partial charge in [-0.25, -0.2) is 14.8 Å². The first kappa shape index (κ1) is 12.3. The van der Waals surface area contributed by atoms with Crippen molar-refractivity contribution in [3.8, 4) is 0 Å². The summed E-state index contributed by atoms with van der Waals surface area (Å²) in [5, 5.41) is 21.9. The summed E-state index contributed by atoms with van der Waals surface area (Å²) in [6.07, 6.45) is 0.322. The van der Waals surface area contributed by atoms with Crippen LogP contribution in [0.15, 0.2) is 30.6 Å². The number of aromatic nitrogens is 2. The molecule has 0 unspecified atom stereocenters. The molecule has 0 saturated carbocycles. The largest absolute Gasteiger partial charge is 0.480 e. The number of rotatable bonds is 4. The van der Waals surface area contributed by atoms with Crippen LogP contribution in [-0.2, 0) is 4.79 Å². The zero-order chi connectivity index (χ0) is 13.1. The van der Waals surface area contributed by atoms with Crippen LogP contribution in [0.2, 0.25) is 0 Å². The number of nitrogens with zero attached hydrogens (tertiary/aromatic N) is 2. The monoisotopic (exact) mass is 247 g/mol. The van der Waals surface area contributed by atoms with Crippen LogP contribution in [0.25, 0.3) is 10.9 Å². The van der Waals surface area contributed by atoms with Gasteiger partial charge in [-0.15, -0.1) is 0 Å². The molecule has 6 heteroatoms. The van der Waals surface area contributed by atoms with Crippen molar-refractivity contribution >= 4 is 22.7 Å². The van der Waals surface area contributed by atoms with Gasteiger partial charge in [0.2, 0.25) is 0 Å². The Morgan fingerprint density at radius 2 is 2.06 bits per heavy atom. The standard InChI is InChI=1S/C12H13N3O3/c1-7(16)10(12(17)18)15-11-8-4-2-3-5-9(8)13-6-14-11/h2-7,10,16H,1H3,(H,17,18)(H,13,14,15)/t7-,10-/m1/s1. The van der Waals surface area contributed by atoms with Crippen LogP contribution in [-0.4, -0.2) is 38.3 Å². The van der Waals surface area contributed by atoms with Crippen molar-refractivity contribution in [3.63, 3.8) is 0 Å². The van der Waals surface area contributed by atoms with Crippen molar-refractivity contribution in [1.82, 2.24) is 9.97 Å². The number of hydrogen-bond acceptors (Lipinski definition) is 5. The second-order valence-corrected chi connectivity index (χ2v) is 3.94. The lowest BCUT2D eigenvalue weighted by atomic mass is 10.1. The van der Waals surface area contributed by atoms with Crippen molar-refractivity contribution in [2.75, 3.05) is 5.32 Å². The van der Waals surface area contributed by atoms with E-state index < -0.39 is 18.1 Å². The zero-order valence-corrected chi connectivity index (χ0v) is 9.74. The lowest BCUT2D eigenvalue weighted by Gasteiger charge is -2.18. The number of nitrogens with one attached hydrogen (secondary N) is 1. The lowest BCUT2D eigenvalue weighted by Crippen LogP contribution is -2.39. The third-order valence-electron chi connectivity index (χ3n) is 2.58. The van der Waals surface area contributed by atoms with Gasteiger partial charge in [-0.2, -0.15) is 0 Å². The molecule has 3 N–H and O–H groups in total. The number of fused-ring (bicyclic) bond motifs is 1. The van der Waals surface area contributed by atoms with Gasteiger partial charge in [0.15, 0.2) is 6.04 Å². The molecule has 6 nitrogen and oxygen atoms in total. The Morgan fingerprint density at radius 1 is 1.33 bits per heavy atom. The van der Waals surface area contributed by atoms with Crippen molar-refractivity contribution in [1.29, 1.82) is 0 Å². The quantitative estimate of drug-likeness (QED) is 0.742. The fraction of sp³-hybridized carbons (Fsp3) is 0.250. The molecule has 0 aliphatic rings. The summed E-state index contributed by atoms with van der Waals surface area (Å²) >= 11 is 0. The Bertz CT molecular complexity index is 566. The van der Waals surface area contributed by atoms with Crippen molar-refractivity contribution in [3.05, 3.63) is 30.6 Å². The summed E-state index contributed by atoms with van der Waals surface area (Å²) in [6.45, 7) is 1.41. The molecule has 1 aromatic carbocycles. The molecule has 94 valence electrons. The number of benzene rings is 1. The average Bonchev–Trinajstić information content (AvgIpc) is 2.35. The smallest absolute Gasteiger partial charge is 0.328 e. The fourth-order valence-corrected chi connectivity index (χ4v) is 1.66. The van der Waals surface area contributed by atoms with Gasteiger partial charge in [-0.1, -0.05) is 12.1 Å². The first-order valence-corrected chi connectivity index (χ1v) is 5.46. The molecule has 1 heterocycles. The summed E-state index contributed by atoms with van der Waals surface area (Å²) in [4.78, 5) is 19.1. The average molecular weight is 247 g/mol. The number of carbonyl (C=O) groups is 1. The Balaban J connectivity index is 2.39. The number of para-hydroxylation sites is 1. The highest BCUT2D eigenvalue weighted by atomic mass is 16.4. The predicted molar refractivity (Wildman–Crippen MR) is 66.3 cm³/mol. The number of carboxylic acid groups (broad SMARTS) is 1. The van der Waals surface area contributed by atoms with Gasteiger partial charge in [0.25, 0.3) is 0 Å². The summed E-state index contributed by atoms with van der Waals surface area (Å²) < 4.78 is 0. The number of anilines is 1. The van der Waals surface area contributed by atoms with Gasteiger partial charge < -0.3 is 15.5 Å². The first-order chi connectivity index (χ1) is 8.59. The highest BCUT2D eigenvalue weighted by Crippen LogP contribution is 2.19. The summed E-state index contributed by atoms with van der Waals surface area (Å²) in [5.41, 5.74) is 0.713. The molecule has 0 radical (unpaired) electrons. The van der Waals surface area contributed by atoms with Crippen LogP contribution in [0, 0.1) is 0 Å². The summed E-state index contributed by atoms with van der Waals surface area (Å²) in [7, 11) is 0. The zero-order valence-electron chi connectivity index (χ0n) is 9.74. The van der Waals surface area contributed by atoms with Gasteiger partial charge >= 0.3 is 5.97 Å². The number of hydrogen-bond donors (Lipinski definition) is 3. The maximum Gasteiger partial charge on any atom is 0.328 e. The summed E-state index contributed by atoms with van der Waals surface area (Å²) in [5.74, 6) is -0.735. The highest BCUT2D eigenvalue weighted by molar-refractivity contribution is 5.90. The molecule has 0 aliphatic heterocycles. The summed E-state index contributed by atoms with van der Waals surface area (Å²) in [6, 6.07) is 6.14. The minimum atomic E-state index is -1.13. The predicted octanol–water partition coefficient (Wildman–Crippen LogP) is 0.876. The molecule has 0 bridgehead atoms. The van der Waals surface area contributed by atoms with Crippen LogP contribution in [0.1, 0.15) is 6.92 Å². The molecule has 0 aliphatic carbocycles. The van der Waals surface area contributed by atoms with Crippen LogP contribution < -0.4 is 5.32 Å². The van der Waals surface area contributed by atoms with Crippen LogP contribution in [0.4, 0.5) is 5.82 Å². The van der Waals surface area contributed by atoms with Gasteiger partial charge in [-0.3, -0.25) is 0 Å². The number of carboxylic acids is 1. The normalized spacial score (nSPS) is 14.1. The molecule has 18 heavy (non-hydrogen) atoms. The van der Waals surface area contributed by atoms with Crippen molar-refractivity contribution in [2.45, 2.75) is 19.1 Å². The third-order valence-corrected chi connectivity index (χ3v) is 2.58. The maximum atomic E-state index is 11.0. The van der Waals surface area contributed by atoms with E-state index in [0.29, 0.717) is 16.7 Å². The first-order valence-electron chi connectivity index (χ1n) is 5.46. The molecular weight excluding hydrogens is 234 g/mol. The molecule has 1 aromatic heterocycles. The topological polar surface area (TPSA) is 95.3 Å². The number of aliphatic carboxylic acids is 1. The Labute approximate surface area is 103 Å². The maximum absolute atomic E-state index is 11.0. The van der Waals surface area contributed by atoms with E-state index in [4.69, 9.17) is 5.11 Å². The molecule has 2 atom stereocenters. The molecule has 2 rings (SSSR count). The van der Waals surface area contributed by atoms with Crippen molar-refractivity contribution in [2.24, 2.45) is 0 Å². The highest BCUT2D eigenvalue weighted by Gasteiger charge is 2.23. The van der Waals surface area contributed by atoms with Gasteiger partial charge in [-0.05, 0) is 19.1 Å². The third kappa shape index (κ3) is 2.38. The van der Waals surface area contributed by atoms with Crippen LogP contribution >= 0.6 is 0 Å². The van der Waals surface area contributed by atoms with E-state index in [1.807, 2.05) is 12.1 Å². The lowest BCUT2D eigenvalue weighted by molar-refractivity contribution is -0.140. The molecule has 0 fully saturated rings. The van der Waals surface area contributed by atoms with E-state index in [1.165, 1.54) is 13.3 Å². The van der Waals surface area contributed by atoms with E-state index in [9.17, 15) is 9.90 Å². The van der Waals surface area contributed by atoms with Gasteiger partial charge in [0.1, 0.15) is 12.1 Å². The fourth-order valence-electron chi connectivity index (χ4n) is 1.66. The molecule has 0 spiro atoms. The van der Waals surface area contributed by atoms with Gasteiger partial charge in [0, 0.05) is 5.39 Å². The second-order valence-electron chi connectivity index (χ2n) is 3.94. The van der Waals surface area contributed by atoms with E-state index in [1.54, 1.807) is 12.1 Å². The molecule has 2 aromatic rings. The van der Waals surface area contributed by atoms with E-state index in [0.717, 1.165) is 0 Å². The Kier molecular flexibility index (Phi) is 3.38. The van der Waals surface area contributed by atoms with Gasteiger partial charge in [0.05, 0.1) is 11.6 Å². The minimum absolute atomic E-state index is 0.397.